The van der Waals surface area contributed by atoms with E-state index in [-0.39, 0.29) is 31.8 Å². The van der Waals surface area contributed by atoms with E-state index in [1.807, 2.05) is 30.3 Å². The zero-order valence-electron chi connectivity index (χ0n) is 20.6. The second-order valence-corrected chi connectivity index (χ2v) is 10.6. The van der Waals surface area contributed by atoms with Crippen molar-refractivity contribution in [1.82, 2.24) is 20.3 Å². The molecule has 0 aromatic heterocycles. The number of hydrogen-bond acceptors (Lipinski definition) is 8. The molecule has 2 unspecified atom stereocenters. The van der Waals surface area contributed by atoms with Gasteiger partial charge in [-0.3, -0.25) is 24.7 Å². The quantitative estimate of drug-likeness (QED) is 0.0660. The van der Waals surface area contributed by atoms with E-state index in [2.05, 4.69) is 21.9 Å². The number of aryl methyl sites for hydroxylation is 1. The highest BCUT2D eigenvalue weighted by Gasteiger charge is 2.41. The van der Waals surface area contributed by atoms with Crippen molar-refractivity contribution in [3.63, 3.8) is 0 Å². The summed E-state index contributed by atoms with van der Waals surface area (Å²) < 4.78 is 28.4. The van der Waals surface area contributed by atoms with E-state index < -0.39 is 51.8 Å². The predicted octanol–water partition coefficient (Wildman–Crippen LogP) is -1.09. The van der Waals surface area contributed by atoms with Gasteiger partial charge in [-0.25, -0.2) is 8.42 Å². The van der Waals surface area contributed by atoms with Gasteiger partial charge < -0.3 is 21.5 Å². The van der Waals surface area contributed by atoms with Crippen molar-refractivity contribution in [2.24, 2.45) is 5.73 Å². The molecule has 1 fully saturated rings. The van der Waals surface area contributed by atoms with Crippen LogP contribution < -0.4 is 21.1 Å². The van der Waals surface area contributed by atoms with E-state index in [0.29, 0.717) is 24.3 Å². The SMILES string of the molecule is C=CC(CCc1ccccc1)S(=O)(=O)N[C@H](CO)C(=O)N(C(=O)C1CCN1)[C@H]([C]=O)CCCNC(=N)N. The minimum atomic E-state index is -4.18. The molecule has 0 aliphatic carbocycles. The molecule has 2 amide bonds. The molecule has 12 nitrogen and oxygen atoms in total. The summed E-state index contributed by atoms with van der Waals surface area (Å²) in [6.07, 6.45) is 4.26. The van der Waals surface area contributed by atoms with Gasteiger partial charge in [-0.2, -0.15) is 4.72 Å². The molecule has 1 aromatic carbocycles. The van der Waals surface area contributed by atoms with Gasteiger partial charge in [0.1, 0.15) is 12.1 Å². The molecule has 13 heteroatoms. The van der Waals surface area contributed by atoms with Crippen LogP contribution in [0.25, 0.3) is 0 Å². The van der Waals surface area contributed by atoms with E-state index in [0.717, 1.165) is 5.56 Å². The molecule has 1 aliphatic rings. The normalized spacial score (nSPS) is 17.5. The molecule has 4 atom stereocenters. The van der Waals surface area contributed by atoms with Crippen LogP contribution >= 0.6 is 0 Å². The molecule has 1 saturated heterocycles. The maximum atomic E-state index is 13.4. The summed E-state index contributed by atoms with van der Waals surface area (Å²) in [4.78, 5) is 38.9. The predicted molar refractivity (Wildman–Crippen MR) is 139 cm³/mol. The van der Waals surface area contributed by atoms with Crippen molar-refractivity contribution in [3.8, 4) is 0 Å². The van der Waals surface area contributed by atoms with Crippen molar-refractivity contribution in [1.29, 1.82) is 5.41 Å². The lowest BCUT2D eigenvalue weighted by Gasteiger charge is -2.35. The van der Waals surface area contributed by atoms with Crippen LogP contribution in [0.3, 0.4) is 0 Å². The lowest BCUT2D eigenvalue weighted by atomic mass is 10.0. The summed E-state index contributed by atoms with van der Waals surface area (Å²) in [7, 11) is -4.18. The number of rotatable bonds is 16. The summed E-state index contributed by atoms with van der Waals surface area (Å²) in [6, 6.07) is 5.52. The second-order valence-electron chi connectivity index (χ2n) is 8.65. The number of aliphatic hydroxyl groups is 1. The maximum Gasteiger partial charge on any atom is 0.250 e. The van der Waals surface area contributed by atoms with Crippen LogP contribution in [0.1, 0.15) is 31.2 Å². The van der Waals surface area contributed by atoms with Gasteiger partial charge in [0, 0.05) is 6.54 Å². The molecule has 2 rings (SSSR count). The van der Waals surface area contributed by atoms with Gasteiger partial charge in [-0.1, -0.05) is 36.4 Å². The van der Waals surface area contributed by atoms with E-state index >= 15 is 0 Å². The summed E-state index contributed by atoms with van der Waals surface area (Å²) in [6.45, 7) is 3.43. The highest BCUT2D eigenvalue weighted by molar-refractivity contribution is 7.90. The number of amides is 2. The number of benzene rings is 1. The third-order valence-corrected chi connectivity index (χ3v) is 7.86. The van der Waals surface area contributed by atoms with Gasteiger partial charge in [0.15, 0.2) is 5.96 Å². The number of aliphatic hydroxyl groups excluding tert-OH is 1. The molecule has 7 N–H and O–H groups in total. The van der Waals surface area contributed by atoms with Crippen molar-refractivity contribution < 1.29 is 27.9 Å². The fourth-order valence-corrected chi connectivity index (χ4v) is 5.24. The molecule has 1 heterocycles. The van der Waals surface area contributed by atoms with Gasteiger partial charge in [-0.15, -0.1) is 6.58 Å². The molecule has 0 bridgehead atoms. The van der Waals surface area contributed by atoms with Crippen molar-refractivity contribution >= 4 is 34.1 Å². The number of carbonyl (C=O) groups is 2. The van der Waals surface area contributed by atoms with Crippen LogP contribution in [-0.2, 0) is 30.8 Å². The number of nitrogens with zero attached hydrogens (tertiary/aromatic N) is 1. The number of nitrogens with two attached hydrogens (primary N) is 1. The molecular formula is C24H35N6O6S. The standard InChI is InChI=1S/C24H35N6O6S/c1-2-19(11-10-17-7-4-3-5-8-17)37(35,36)29-21(16-32)23(34)30(22(33)20-12-14-27-20)18(15-31)9-6-13-28-24(25)26/h2-5,7-8,18-21,27,29,32H,1,6,9-14,16H2,(H4,25,26,28)/t18-,19?,20?,21+/m0/s1. The summed E-state index contributed by atoms with van der Waals surface area (Å²) in [5.41, 5.74) is 6.16. The van der Waals surface area contributed by atoms with Crippen LogP contribution in [0.4, 0.5) is 0 Å². The monoisotopic (exact) mass is 535 g/mol. The number of imide groups is 1. The number of hydrogen-bond donors (Lipinski definition) is 6. The topological polar surface area (TPSA) is 195 Å². The molecule has 1 radical (unpaired) electrons. The lowest BCUT2D eigenvalue weighted by Crippen LogP contribution is -2.62. The second kappa shape index (κ2) is 14.6. The third-order valence-electron chi connectivity index (χ3n) is 6.02. The van der Waals surface area contributed by atoms with Crippen LogP contribution in [0.5, 0.6) is 0 Å². The average Bonchev–Trinajstić information content (AvgIpc) is 2.83. The summed E-state index contributed by atoms with van der Waals surface area (Å²) >= 11 is 0. The maximum absolute atomic E-state index is 13.4. The first kappa shape index (κ1) is 30.1. The highest BCUT2D eigenvalue weighted by Crippen LogP contribution is 2.17. The largest absolute Gasteiger partial charge is 0.394 e. The molecule has 0 spiro atoms. The Balaban J connectivity index is 2.18. The first-order chi connectivity index (χ1) is 17.6. The third kappa shape index (κ3) is 8.74. The number of guanidine groups is 1. The minimum Gasteiger partial charge on any atom is -0.394 e. The van der Waals surface area contributed by atoms with E-state index in [1.165, 1.54) is 6.08 Å². The molecule has 37 heavy (non-hydrogen) atoms. The average molecular weight is 536 g/mol. The van der Waals surface area contributed by atoms with Crippen LogP contribution in [0.15, 0.2) is 43.0 Å². The Labute approximate surface area is 217 Å². The number of nitrogens with one attached hydrogen (secondary N) is 4. The van der Waals surface area contributed by atoms with E-state index in [1.54, 1.807) is 6.29 Å². The van der Waals surface area contributed by atoms with Gasteiger partial charge in [-0.05, 0) is 44.2 Å². The number of carbonyl (C=O) groups excluding carboxylic acids is 3. The zero-order chi connectivity index (χ0) is 27.4. The van der Waals surface area contributed by atoms with Crippen molar-refractivity contribution in [3.05, 3.63) is 48.6 Å². The van der Waals surface area contributed by atoms with Crippen molar-refractivity contribution in [2.75, 3.05) is 19.7 Å². The van der Waals surface area contributed by atoms with Crippen LogP contribution in [0, 0.1) is 5.41 Å². The Morgan fingerprint density at radius 1 is 1.32 bits per heavy atom. The Kier molecular flexibility index (Phi) is 11.9. The molecule has 0 saturated carbocycles. The zero-order valence-corrected chi connectivity index (χ0v) is 21.4. The van der Waals surface area contributed by atoms with Gasteiger partial charge >= 0.3 is 0 Å². The minimum absolute atomic E-state index is 0.00520. The molecule has 1 aliphatic heterocycles. The summed E-state index contributed by atoms with van der Waals surface area (Å²) in [5.74, 6) is -2.03. The van der Waals surface area contributed by atoms with Gasteiger partial charge in [0.05, 0.1) is 17.9 Å². The fraction of sp³-hybridized carbons (Fsp3) is 0.500. The first-order valence-electron chi connectivity index (χ1n) is 12.0. The smallest absolute Gasteiger partial charge is 0.250 e. The van der Waals surface area contributed by atoms with E-state index in [9.17, 15) is 27.9 Å². The molecular weight excluding hydrogens is 500 g/mol. The van der Waals surface area contributed by atoms with Gasteiger partial charge in [0.25, 0.3) is 0 Å². The Bertz CT molecular complexity index is 1050. The number of sulfonamides is 1. The molecule has 1 aromatic rings. The first-order valence-corrected chi connectivity index (χ1v) is 13.5. The molecule has 203 valence electrons. The van der Waals surface area contributed by atoms with E-state index in [4.69, 9.17) is 11.1 Å². The Hall–Kier alpha value is -3.13. The summed E-state index contributed by atoms with van der Waals surface area (Å²) in [5, 5.41) is 21.5. The van der Waals surface area contributed by atoms with Crippen LogP contribution in [0.2, 0.25) is 0 Å². The lowest BCUT2D eigenvalue weighted by molar-refractivity contribution is -0.150. The van der Waals surface area contributed by atoms with Crippen molar-refractivity contribution in [2.45, 2.75) is 55.5 Å². The van der Waals surface area contributed by atoms with Crippen LogP contribution in [-0.4, -0.2) is 85.6 Å². The van der Waals surface area contributed by atoms with Gasteiger partial charge in [0.2, 0.25) is 28.1 Å². The Morgan fingerprint density at radius 3 is 2.51 bits per heavy atom. The Morgan fingerprint density at radius 2 is 2.00 bits per heavy atom. The fourth-order valence-electron chi connectivity index (χ4n) is 3.81. The highest BCUT2D eigenvalue weighted by atomic mass is 32.2.